The SMILES string of the molecule is C/C=C\[C@@H](CC)N(C(=O)OC(C)(C)C)C(=O)c1ccccc1I. The second kappa shape index (κ2) is 8.47. The van der Waals surface area contributed by atoms with Crippen LogP contribution in [0.1, 0.15) is 51.4 Å². The van der Waals surface area contributed by atoms with Gasteiger partial charge in [-0.1, -0.05) is 31.2 Å². The lowest BCUT2D eigenvalue weighted by Gasteiger charge is -2.30. The molecule has 0 heterocycles. The number of allylic oxidation sites excluding steroid dienone is 1. The molecule has 1 aromatic carbocycles. The number of amides is 2. The van der Waals surface area contributed by atoms with Crippen molar-refractivity contribution in [1.29, 1.82) is 0 Å². The van der Waals surface area contributed by atoms with Crippen LogP contribution in [0.25, 0.3) is 0 Å². The van der Waals surface area contributed by atoms with Gasteiger partial charge in [0, 0.05) is 3.57 Å². The maximum Gasteiger partial charge on any atom is 0.417 e. The molecule has 0 spiro atoms. The smallest absolute Gasteiger partial charge is 0.417 e. The first-order chi connectivity index (χ1) is 10.7. The molecule has 0 unspecified atom stereocenters. The molecule has 0 saturated heterocycles. The lowest BCUT2D eigenvalue weighted by atomic mass is 10.1. The fourth-order valence-corrected chi connectivity index (χ4v) is 2.69. The molecule has 0 bridgehead atoms. The Labute approximate surface area is 152 Å². The van der Waals surface area contributed by atoms with Gasteiger partial charge in [0.1, 0.15) is 5.60 Å². The van der Waals surface area contributed by atoms with Gasteiger partial charge in [-0.25, -0.2) is 9.69 Å². The molecule has 0 aliphatic rings. The number of ether oxygens (including phenoxy) is 1. The molecule has 0 radical (unpaired) electrons. The van der Waals surface area contributed by atoms with E-state index in [0.717, 1.165) is 3.57 Å². The summed E-state index contributed by atoms with van der Waals surface area (Å²) in [7, 11) is 0. The van der Waals surface area contributed by atoms with Gasteiger partial charge < -0.3 is 4.74 Å². The summed E-state index contributed by atoms with van der Waals surface area (Å²) in [5.41, 5.74) is -0.157. The highest BCUT2D eigenvalue weighted by Crippen LogP contribution is 2.20. The zero-order chi connectivity index (χ0) is 17.6. The van der Waals surface area contributed by atoms with Crippen LogP contribution in [0.2, 0.25) is 0 Å². The minimum atomic E-state index is -0.659. The van der Waals surface area contributed by atoms with E-state index in [1.54, 1.807) is 32.9 Å². The van der Waals surface area contributed by atoms with E-state index >= 15 is 0 Å². The highest BCUT2D eigenvalue weighted by atomic mass is 127. The Hall–Kier alpha value is -1.37. The lowest BCUT2D eigenvalue weighted by Crippen LogP contribution is -2.46. The molecule has 1 atom stereocenters. The fraction of sp³-hybridized carbons (Fsp3) is 0.444. The first-order valence-electron chi connectivity index (χ1n) is 7.65. The van der Waals surface area contributed by atoms with Crippen LogP contribution in [0, 0.1) is 3.57 Å². The maximum absolute atomic E-state index is 13.0. The first kappa shape index (κ1) is 19.7. The molecule has 0 aliphatic heterocycles. The van der Waals surface area contributed by atoms with Gasteiger partial charge in [-0.3, -0.25) is 4.79 Å². The molecule has 0 fully saturated rings. The molecule has 1 rings (SSSR count). The van der Waals surface area contributed by atoms with Crippen LogP contribution in [0.4, 0.5) is 4.79 Å². The Morgan fingerprint density at radius 2 is 1.91 bits per heavy atom. The summed E-state index contributed by atoms with van der Waals surface area (Å²) >= 11 is 2.10. The number of hydrogen-bond donors (Lipinski definition) is 0. The number of carbonyl (C=O) groups is 2. The zero-order valence-electron chi connectivity index (χ0n) is 14.3. The van der Waals surface area contributed by atoms with Crippen molar-refractivity contribution in [3.63, 3.8) is 0 Å². The van der Waals surface area contributed by atoms with Crippen LogP contribution in [0.3, 0.4) is 0 Å². The van der Waals surface area contributed by atoms with Gasteiger partial charge >= 0.3 is 6.09 Å². The number of nitrogens with zero attached hydrogens (tertiary/aromatic N) is 1. The lowest BCUT2D eigenvalue weighted by molar-refractivity contribution is 0.0194. The van der Waals surface area contributed by atoms with Gasteiger partial charge in [-0.05, 0) is 68.8 Å². The fourth-order valence-electron chi connectivity index (χ4n) is 2.07. The summed E-state index contributed by atoms with van der Waals surface area (Å²) in [6, 6.07) is 6.89. The molecule has 0 aliphatic carbocycles. The van der Waals surface area contributed by atoms with E-state index < -0.39 is 11.7 Å². The van der Waals surface area contributed by atoms with Crippen LogP contribution in [-0.4, -0.2) is 28.5 Å². The quantitative estimate of drug-likeness (QED) is 0.499. The van der Waals surface area contributed by atoms with Gasteiger partial charge in [0.2, 0.25) is 0 Å². The highest BCUT2D eigenvalue weighted by Gasteiger charge is 2.32. The monoisotopic (exact) mass is 429 g/mol. The van der Waals surface area contributed by atoms with Crippen LogP contribution in [0.15, 0.2) is 36.4 Å². The molecule has 5 heteroatoms. The van der Waals surface area contributed by atoms with Gasteiger partial charge in [0.05, 0.1) is 11.6 Å². The molecule has 0 N–H and O–H groups in total. The maximum atomic E-state index is 13.0. The Morgan fingerprint density at radius 3 is 2.39 bits per heavy atom. The normalized spacial score (nSPS) is 13.0. The zero-order valence-corrected chi connectivity index (χ0v) is 16.5. The Kier molecular flexibility index (Phi) is 7.25. The second-order valence-electron chi connectivity index (χ2n) is 6.14. The van der Waals surface area contributed by atoms with Gasteiger partial charge in [0.15, 0.2) is 0 Å². The average molecular weight is 429 g/mol. The molecular formula is C18H24INO3. The van der Waals surface area contributed by atoms with E-state index in [1.807, 2.05) is 38.1 Å². The van der Waals surface area contributed by atoms with Crippen LogP contribution in [-0.2, 0) is 4.74 Å². The summed E-state index contributed by atoms with van der Waals surface area (Å²) in [6.07, 6.45) is 3.69. The number of rotatable bonds is 4. The summed E-state index contributed by atoms with van der Waals surface area (Å²) in [5, 5.41) is 0. The predicted molar refractivity (Wildman–Crippen MR) is 100 cm³/mol. The van der Waals surface area contributed by atoms with Crippen molar-refractivity contribution in [3.8, 4) is 0 Å². The van der Waals surface area contributed by atoms with E-state index in [-0.39, 0.29) is 11.9 Å². The van der Waals surface area contributed by atoms with Crippen molar-refractivity contribution in [3.05, 3.63) is 45.6 Å². The van der Waals surface area contributed by atoms with Crippen LogP contribution < -0.4 is 0 Å². The third-order valence-corrected chi connectivity index (χ3v) is 4.02. The third kappa shape index (κ3) is 5.64. The largest absolute Gasteiger partial charge is 0.443 e. The van der Waals surface area contributed by atoms with Crippen molar-refractivity contribution < 1.29 is 14.3 Å². The number of halogens is 1. The standard InChI is InChI=1S/C18H24INO3/c1-6-10-13(7-2)20(17(22)23-18(3,4)5)16(21)14-11-8-9-12-15(14)19/h6,8-13H,7H2,1-5H3/b10-6-/t13-/m1/s1. The number of imide groups is 1. The van der Waals surface area contributed by atoms with Crippen LogP contribution in [0.5, 0.6) is 0 Å². The predicted octanol–water partition coefficient (Wildman–Crippen LogP) is 5.02. The van der Waals surface area contributed by atoms with Gasteiger partial charge in [0.25, 0.3) is 5.91 Å². The number of hydrogen-bond acceptors (Lipinski definition) is 3. The molecule has 1 aromatic rings. The molecule has 0 aromatic heterocycles. The van der Waals surface area contributed by atoms with Gasteiger partial charge in [-0.2, -0.15) is 0 Å². The molecule has 4 nitrogen and oxygen atoms in total. The van der Waals surface area contributed by atoms with E-state index in [1.165, 1.54) is 4.90 Å². The summed E-state index contributed by atoms with van der Waals surface area (Å²) in [6.45, 7) is 9.17. The number of carbonyl (C=O) groups excluding carboxylic acids is 2. The average Bonchev–Trinajstić information content (AvgIpc) is 2.45. The topological polar surface area (TPSA) is 46.6 Å². The van der Waals surface area contributed by atoms with Gasteiger partial charge in [-0.15, -0.1) is 0 Å². The van der Waals surface area contributed by atoms with E-state index in [4.69, 9.17) is 4.74 Å². The van der Waals surface area contributed by atoms with Crippen molar-refractivity contribution >= 4 is 34.6 Å². The van der Waals surface area contributed by atoms with Crippen LogP contribution >= 0.6 is 22.6 Å². The van der Waals surface area contributed by atoms with E-state index in [9.17, 15) is 9.59 Å². The van der Waals surface area contributed by atoms with Crippen molar-refractivity contribution in [2.24, 2.45) is 0 Å². The Morgan fingerprint density at radius 1 is 1.30 bits per heavy atom. The first-order valence-corrected chi connectivity index (χ1v) is 8.73. The molecule has 0 saturated carbocycles. The molecular weight excluding hydrogens is 405 g/mol. The number of benzene rings is 1. The van der Waals surface area contributed by atoms with Crippen molar-refractivity contribution in [2.45, 2.75) is 52.7 Å². The minimum Gasteiger partial charge on any atom is -0.443 e. The summed E-state index contributed by atoms with van der Waals surface area (Å²) < 4.78 is 6.25. The second-order valence-corrected chi connectivity index (χ2v) is 7.30. The molecule has 2 amide bonds. The van der Waals surface area contributed by atoms with Crippen molar-refractivity contribution in [1.82, 2.24) is 4.90 Å². The minimum absolute atomic E-state index is 0.335. The third-order valence-electron chi connectivity index (χ3n) is 3.08. The Bertz CT molecular complexity index is 590. The van der Waals surface area contributed by atoms with E-state index in [2.05, 4.69) is 22.6 Å². The molecule has 23 heavy (non-hydrogen) atoms. The van der Waals surface area contributed by atoms with E-state index in [0.29, 0.717) is 12.0 Å². The summed E-state index contributed by atoms with van der Waals surface area (Å²) in [5.74, 6) is -0.339. The highest BCUT2D eigenvalue weighted by molar-refractivity contribution is 14.1. The van der Waals surface area contributed by atoms with Crippen molar-refractivity contribution in [2.75, 3.05) is 0 Å². The molecule has 126 valence electrons. The summed E-state index contributed by atoms with van der Waals surface area (Å²) in [4.78, 5) is 26.8. The Balaban J connectivity index is 3.25.